The largest absolute Gasteiger partial charge is 0.377 e. The van der Waals surface area contributed by atoms with Gasteiger partial charge in [0, 0.05) is 17.6 Å². The lowest BCUT2D eigenvalue weighted by Crippen LogP contribution is -2.01. The highest BCUT2D eigenvalue weighted by Gasteiger charge is 2.18. The Balaban J connectivity index is 1.87. The Kier molecular flexibility index (Phi) is 3.79. The molecule has 1 aliphatic rings. The number of fused-ring (bicyclic) bond motifs is 2. The Bertz CT molecular complexity index is 851. The zero-order valence-corrected chi connectivity index (χ0v) is 14.1. The van der Waals surface area contributed by atoms with Gasteiger partial charge in [-0.05, 0) is 50.3 Å². The van der Waals surface area contributed by atoms with E-state index in [2.05, 4.69) is 28.2 Å². The lowest BCUT2D eigenvalue weighted by atomic mass is 10.0. The molecule has 0 atom stereocenters. The van der Waals surface area contributed by atoms with E-state index in [9.17, 15) is 0 Å². The average Bonchev–Trinajstić information content (AvgIpc) is 2.98. The van der Waals surface area contributed by atoms with Crippen LogP contribution >= 0.6 is 11.3 Å². The fourth-order valence-electron chi connectivity index (χ4n) is 3.04. The molecule has 0 saturated carbocycles. The standard InChI is InChI=1S/C17H18N4OS/c1-10-7-11(17-19-12-5-3-4-6-14(12)23-17)16-13(8-10)18-15(9-22-2)20-21-16/h7-8H,3-6,9H2,1-2H3. The summed E-state index contributed by atoms with van der Waals surface area (Å²) in [5.41, 5.74) is 5.15. The van der Waals surface area contributed by atoms with Gasteiger partial charge >= 0.3 is 0 Å². The normalized spacial score (nSPS) is 14.2. The van der Waals surface area contributed by atoms with E-state index >= 15 is 0 Å². The highest BCUT2D eigenvalue weighted by molar-refractivity contribution is 7.15. The van der Waals surface area contributed by atoms with Gasteiger partial charge in [-0.2, -0.15) is 0 Å². The smallest absolute Gasteiger partial charge is 0.177 e. The van der Waals surface area contributed by atoms with Gasteiger partial charge in [-0.25, -0.2) is 9.97 Å². The van der Waals surface area contributed by atoms with Crippen molar-refractivity contribution in [3.8, 4) is 10.6 Å². The third-order valence-corrected chi connectivity index (χ3v) is 5.29. The summed E-state index contributed by atoms with van der Waals surface area (Å²) in [5, 5.41) is 9.63. The van der Waals surface area contributed by atoms with Gasteiger partial charge in [0.15, 0.2) is 5.82 Å². The van der Waals surface area contributed by atoms with Crippen LogP contribution in [0.5, 0.6) is 0 Å². The van der Waals surface area contributed by atoms with Crippen molar-refractivity contribution in [3.63, 3.8) is 0 Å². The highest BCUT2D eigenvalue weighted by Crippen LogP contribution is 2.35. The number of hydrogen-bond donors (Lipinski definition) is 0. The second-order valence-electron chi connectivity index (χ2n) is 5.94. The van der Waals surface area contributed by atoms with Crippen LogP contribution in [0, 0.1) is 6.92 Å². The fraction of sp³-hybridized carbons (Fsp3) is 0.412. The maximum atomic E-state index is 5.10. The molecule has 6 heteroatoms. The van der Waals surface area contributed by atoms with E-state index in [4.69, 9.17) is 9.72 Å². The molecule has 4 rings (SSSR count). The molecule has 0 aliphatic heterocycles. The summed E-state index contributed by atoms with van der Waals surface area (Å²) >= 11 is 1.80. The van der Waals surface area contributed by atoms with Crippen molar-refractivity contribution in [1.29, 1.82) is 0 Å². The number of ether oxygens (including phenoxy) is 1. The SMILES string of the molecule is COCc1nnc2c(-c3nc4c(s3)CCCC4)cc(C)cc2n1. The van der Waals surface area contributed by atoms with Gasteiger partial charge in [0.25, 0.3) is 0 Å². The molecule has 0 saturated heterocycles. The van der Waals surface area contributed by atoms with Crippen molar-refractivity contribution in [2.24, 2.45) is 0 Å². The minimum absolute atomic E-state index is 0.373. The van der Waals surface area contributed by atoms with E-state index in [1.54, 1.807) is 18.4 Å². The number of thiazole rings is 1. The summed E-state index contributed by atoms with van der Waals surface area (Å²) in [6.07, 6.45) is 4.76. The van der Waals surface area contributed by atoms with Gasteiger partial charge in [0.1, 0.15) is 17.1 Å². The number of benzene rings is 1. The molecule has 0 unspecified atom stereocenters. The molecular weight excluding hydrogens is 308 g/mol. The number of hydrogen-bond acceptors (Lipinski definition) is 6. The Morgan fingerprint density at radius 2 is 2.00 bits per heavy atom. The molecule has 3 aromatic rings. The Hall–Kier alpha value is -1.92. The van der Waals surface area contributed by atoms with Crippen LogP contribution in [-0.4, -0.2) is 27.3 Å². The molecule has 0 N–H and O–H groups in total. The number of aryl methyl sites for hydroxylation is 3. The summed E-state index contributed by atoms with van der Waals surface area (Å²) in [6, 6.07) is 4.18. The Morgan fingerprint density at radius 1 is 1.13 bits per heavy atom. The Morgan fingerprint density at radius 3 is 2.83 bits per heavy atom. The van der Waals surface area contributed by atoms with Crippen molar-refractivity contribution in [2.45, 2.75) is 39.2 Å². The van der Waals surface area contributed by atoms with Crippen molar-refractivity contribution >= 4 is 22.4 Å². The van der Waals surface area contributed by atoms with Crippen LogP contribution in [0.2, 0.25) is 0 Å². The summed E-state index contributed by atoms with van der Waals surface area (Å²) < 4.78 is 5.10. The van der Waals surface area contributed by atoms with Crippen LogP contribution in [0.3, 0.4) is 0 Å². The molecule has 0 amide bonds. The van der Waals surface area contributed by atoms with Gasteiger partial charge < -0.3 is 4.74 Å². The van der Waals surface area contributed by atoms with Gasteiger partial charge in [-0.1, -0.05) is 0 Å². The van der Waals surface area contributed by atoms with Crippen molar-refractivity contribution in [1.82, 2.24) is 20.2 Å². The fourth-order valence-corrected chi connectivity index (χ4v) is 4.21. The first kappa shape index (κ1) is 14.7. The van der Waals surface area contributed by atoms with Crippen LogP contribution in [0.1, 0.15) is 34.8 Å². The van der Waals surface area contributed by atoms with Gasteiger partial charge in [-0.3, -0.25) is 0 Å². The van der Waals surface area contributed by atoms with E-state index in [1.807, 2.05) is 6.07 Å². The van der Waals surface area contributed by atoms with Gasteiger partial charge in [0.05, 0.1) is 11.2 Å². The van der Waals surface area contributed by atoms with E-state index in [0.29, 0.717) is 12.4 Å². The average molecular weight is 326 g/mol. The van der Waals surface area contributed by atoms with Crippen LogP contribution in [-0.2, 0) is 24.2 Å². The predicted molar refractivity (Wildman–Crippen MR) is 90.5 cm³/mol. The zero-order chi connectivity index (χ0) is 15.8. The second-order valence-corrected chi connectivity index (χ2v) is 7.02. The number of rotatable bonds is 3. The molecule has 0 bridgehead atoms. The van der Waals surface area contributed by atoms with Crippen molar-refractivity contribution in [3.05, 3.63) is 34.1 Å². The molecule has 2 aromatic heterocycles. The second kappa shape index (κ2) is 5.94. The third kappa shape index (κ3) is 2.72. The maximum absolute atomic E-state index is 5.10. The van der Waals surface area contributed by atoms with Crippen LogP contribution in [0.4, 0.5) is 0 Å². The first-order valence-electron chi connectivity index (χ1n) is 7.86. The molecular formula is C17H18N4OS. The van der Waals surface area contributed by atoms with Crippen LogP contribution in [0.25, 0.3) is 21.6 Å². The molecule has 1 aromatic carbocycles. The molecule has 5 nitrogen and oxygen atoms in total. The topological polar surface area (TPSA) is 60.8 Å². The summed E-state index contributed by atoms with van der Waals surface area (Å²) in [5.74, 6) is 0.606. The third-order valence-electron chi connectivity index (χ3n) is 4.10. The van der Waals surface area contributed by atoms with Crippen molar-refractivity contribution in [2.75, 3.05) is 7.11 Å². The monoisotopic (exact) mass is 326 g/mol. The van der Waals surface area contributed by atoms with E-state index in [1.165, 1.54) is 23.4 Å². The molecule has 2 heterocycles. The molecule has 0 spiro atoms. The zero-order valence-electron chi connectivity index (χ0n) is 13.3. The van der Waals surface area contributed by atoms with E-state index < -0.39 is 0 Å². The summed E-state index contributed by atoms with van der Waals surface area (Å²) in [7, 11) is 1.63. The maximum Gasteiger partial charge on any atom is 0.177 e. The van der Waals surface area contributed by atoms with Crippen LogP contribution < -0.4 is 0 Å². The molecule has 1 aliphatic carbocycles. The van der Waals surface area contributed by atoms with E-state index in [-0.39, 0.29) is 0 Å². The quantitative estimate of drug-likeness (QED) is 0.737. The summed E-state index contributed by atoms with van der Waals surface area (Å²) in [6.45, 7) is 2.45. The molecule has 23 heavy (non-hydrogen) atoms. The minimum Gasteiger partial charge on any atom is -0.377 e. The highest BCUT2D eigenvalue weighted by atomic mass is 32.1. The summed E-state index contributed by atoms with van der Waals surface area (Å²) in [4.78, 5) is 10.9. The first-order chi connectivity index (χ1) is 11.2. The lowest BCUT2D eigenvalue weighted by molar-refractivity contribution is 0.177. The van der Waals surface area contributed by atoms with Crippen LogP contribution in [0.15, 0.2) is 12.1 Å². The number of nitrogens with zero attached hydrogens (tertiary/aromatic N) is 4. The van der Waals surface area contributed by atoms with Gasteiger partial charge in [-0.15, -0.1) is 21.5 Å². The van der Waals surface area contributed by atoms with E-state index in [0.717, 1.165) is 40.0 Å². The lowest BCUT2D eigenvalue weighted by Gasteiger charge is -2.06. The molecule has 0 fully saturated rings. The predicted octanol–water partition coefficient (Wildman–Crippen LogP) is 3.48. The molecule has 118 valence electrons. The minimum atomic E-state index is 0.373. The number of methoxy groups -OCH3 is 1. The number of aromatic nitrogens is 4. The first-order valence-corrected chi connectivity index (χ1v) is 8.68. The Labute approximate surface area is 138 Å². The van der Waals surface area contributed by atoms with Crippen molar-refractivity contribution < 1.29 is 4.74 Å². The molecule has 0 radical (unpaired) electrons. The van der Waals surface area contributed by atoms with Gasteiger partial charge in [0.2, 0.25) is 0 Å².